The van der Waals surface area contributed by atoms with E-state index >= 15 is 0 Å². The summed E-state index contributed by atoms with van der Waals surface area (Å²) in [5, 5.41) is 8.84. The number of carboxylic acids is 1. The largest absolute Gasteiger partial charge is 0.478 e. The zero-order chi connectivity index (χ0) is 9.90. The highest BCUT2D eigenvalue weighted by molar-refractivity contribution is 5.88. The lowest BCUT2D eigenvalue weighted by molar-refractivity contribution is -0.133. The van der Waals surface area contributed by atoms with Gasteiger partial charge in [0.15, 0.2) is 0 Å². The fraction of sp³-hybridized carbons (Fsp3) is 0.545. The van der Waals surface area contributed by atoms with Gasteiger partial charge in [0.2, 0.25) is 0 Å². The molecule has 0 heterocycles. The molecule has 0 radical (unpaired) electrons. The second-order valence-corrected chi connectivity index (χ2v) is 3.57. The number of rotatable bonds is 2. The van der Waals surface area contributed by atoms with Crippen LogP contribution in [-0.2, 0) is 4.79 Å². The molecular formula is C11H14O2. The van der Waals surface area contributed by atoms with E-state index in [1.165, 1.54) is 0 Å². The van der Waals surface area contributed by atoms with Crippen LogP contribution in [0.3, 0.4) is 0 Å². The van der Waals surface area contributed by atoms with Gasteiger partial charge in [-0.3, -0.25) is 0 Å². The maximum absolute atomic E-state index is 10.8. The Morgan fingerprint density at radius 3 is 2.31 bits per heavy atom. The van der Waals surface area contributed by atoms with E-state index in [9.17, 15) is 4.79 Å². The molecule has 0 atom stereocenters. The van der Waals surface area contributed by atoms with Gasteiger partial charge < -0.3 is 5.11 Å². The smallest absolute Gasteiger partial charge is 0.332 e. The standard InChI is InChI=1S/C11H14O2/c1-3-11(9(2)10(12)13)7-5-4-6-8-11/h1H,2,4-8H2,(H,12,13). The quantitative estimate of drug-likeness (QED) is 0.520. The molecule has 0 amide bonds. The third-order valence-corrected chi connectivity index (χ3v) is 2.82. The molecule has 1 fully saturated rings. The summed E-state index contributed by atoms with van der Waals surface area (Å²) < 4.78 is 0. The fourth-order valence-corrected chi connectivity index (χ4v) is 1.89. The van der Waals surface area contributed by atoms with Gasteiger partial charge in [-0.15, -0.1) is 6.42 Å². The van der Waals surface area contributed by atoms with Gasteiger partial charge in [-0.2, -0.15) is 0 Å². The first-order chi connectivity index (χ1) is 6.12. The molecule has 1 aliphatic rings. The molecule has 0 spiro atoms. The second-order valence-electron chi connectivity index (χ2n) is 3.57. The average molecular weight is 178 g/mol. The number of hydrogen-bond acceptors (Lipinski definition) is 1. The number of carboxylic acid groups (broad SMARTS) is 1. The lowest BCUT2D eigenvalue weighted by Crippen LogP contribution is -2.28. The Bertz CT molecular complexity index is 264. The number of terminal acetylenes is 1. The summed E-state index contributed by atoms with van der Waals surface area (Å²) in [7, 11) is 0. The van der Waals surface area contributed by atoms with Crippen LogP contribution in [0, 0.1) is 17.8 Å². The van der Waals surface area contributed by atoms with Crippen LogP contribution < -0.4 is 0 Å². The van der Waals surface area contributed by atoms with Gasteiger partial charge in [0.1, 0.15) is 0 Å². The molecule has 0 aliphatic heterocycles. The minimum absolute atomic E-state index is 0.190. The van der Waals surface area contributed by atoms with E-state index in [-0.39, 0.29) is 5.57 Å². The van der Waals surface area contributed by atoms with Crippen molar-refractivity contribution in [2.24, 2.45) is 5.41 Å². The summed E-state index contributed by atoms with van der Waals surface area (Å²) >= 11 is 0. The van der Waals surface area contributed by atoms with Crippen LogP contribution in [0.2, 0.25) is 0 Å². The Balaban J connectivity index is 2.87. The van der Waals surface area contributed by atoms with Crippen molar-refractivity contribution in [2.45, 2.75) is 32.1 Å². The van der Waals surface area contributed by atoms with E-state index < -0.39 is 11.4 Å². The normalized spacial score (nSPS) is 20.2. The van der Waals surface area contributed by atoms with E-state index in [4.69, 9.17) is 11.5 Å². The predicted molar refractivity (Wildman–Crippen MR) is 51.1 cm³/mol. The van der Waals surface area contributed by atoms with E-state index in [1.54, 1.807) is 0 Å². The minimum Gasteiger partial charge on any atom is -0.478 e. The monoisotopic (exact) mass is 178 g/mol. The summed E-state index contributed by atoms with van der Waals surface area (Å²) in [6, 6.07) is 0. The average Bonchev–Trinajstić information content (AvgIpc) is 2.17. The molecule has 70 valence electrons. The van der Waals surface area contributed by atoms with Crippen molar-refractivity contribution in [3.05, 3.63) is 12.2 Å². The van der Waals surface area contributed by atoms with Gasteiger partial charge in [-0.25, -0.2) is 4.79 Å². The summed E-state index contributed by atoms with van der Waals surface area (Å²) in [4.78, 5) is 10.8. The Labute approximate surface area is 78.6 Å². The van der Waals surface area contributed by atoms with Crippen LogP contribution in [0.4, 0.5) is 0 Å². The molecule has 0 aromatic heterocycles. The predicted octanol–water partition coefficient (Wildman–Crippen LogP) is 2.21. The van der Waals surface area contributed by atoms with E-state index in [0.717, 1.165) is 32.1 Å². The van der Waals surface area contributed by atoms with Crippen molar-refractivity contribution >= 4 is 5.97 Å². The van der Waals surface area contributed by atoms with Crippen LogP contribution >= 0.6 is 0 Å². The topological polar surface area (TPSA) is 37.3 Å². The number of carbonyl (C=O) groups is 1. The van der Waals surface area contributed by atoms with Gasteiger partial charge in [0.05, 0.1) is 5.41 Å². The minimum atomic E-state index is -0.958. The molecule has 1 N–H and O–H groups in total. The first-order valence-electron chi connectivity index (χ1n) is 4.53. The Morgan fingerprint density at radius 1 is 1.38 bits per heavy atom. The molecule has 1 saturated carbocycles. The van der Waals surface area contributed by atoms with Gasteiger partial charge >= 0.3 is 5.97 Å². The zero-order valence-corrected chi connectivity index (χ0v) is 7.68. The van der Waals surface area contributed by atoms with Crippen molar-refractivity contribution in [3.8, 4) is 12.3 Å². The third-order valence-electron chi connectivity index (χ3n) is 2.82. The maximum atomic E-state index is 10.8. The van der Waals surface area contributed by atoms with Crippen LogP contribution in [0.1, 0.15) is 32.1 Å². The van der Waals surface area contributed by atoms with E-state index in [2.05, 4.69) is 12.5 Å². The van der Waals surface area contributed by atoms with E-state index in [0.29, 0.717) is 0 Å². The van der Waals surface area contributed by atoms with Crippen molar-refractivity contribution in [1.82, 2.24) is 0 Å². The van der Waals surface area contributed by atoms with E-state index in [1.807, 2.05) is 0 Å². The highest BCUT2D eigenvalue weighted by atomic mass is 16.4. The summed E-state index contributed by atoms with van der Waals surface area (Å²) in [6.07, 6.45) is 10.1. The lowest BCUT2D eigenvalue weighted by atomic mass is 9.70. The highest BCUT2D eigenvalue weighted by Crippen LogP contribution is 2.41. The van der Waals surface area contributed by atoms with Crippen molar-refractivity contribution in [1.29, 1.82) is 0 Å². The maximum Gasteiger partial charge on any atom is 0.332 e. The highest BCUT2D eigenvalue weighted by Gasteiger charge is 2.36. The molecule has 1 rings (SSSR count). The van der Waals surface area contributed by atoms with Gasteiger partial charge in [-0.1, -0.05) is 31.8 Å². The molecule has 0 aromatic carbocycles. The Hall–Kier alpha value is -1.23. The van der Waals surface area contributed by atoms with Crippen LogP contribution in [0.5, 0.6) is 0 Å². The number of hydrogen-bond donors (Lipinski definition) is 1. The molecule has 0 aromatic rings. The van der Waals surface area contributed by atoms with Gasteiger partial charge in [0.25, 0.3) is 0 Å². The van der Waals surface area contributed by atoms with Gasteiger partial charge in [0, 0.05) is 5.57 Å². The summed E-state index contributed by atoms with van der Waals surface area (Å²) in [5.41, 5.74) is -0.376. The molecule has 0 bridgehead atoms. The number of aliphatic carboxylic acids is 1. The van der Waals surface area contributed by atoms with Crippen LogP contribution in [-0.4, -0.2) is 11.1 Å². The molecule has 1 aliphatic carbocycles. The zero-order valence-electron chi connectivity index (χ0n) is 7.68. The van der Waals surface area contributed by atoms with Crippen molar-refractivity contribution < 1.29 is 9.90 Å². The molecular weight excluding hydrogens is 164 g/mol. The molecule has 0 unspecified atom stereocenters. The molecule has 2 heteroatoms. The van der Waals surface area contributed by atoms with Crippen LogP contribution in [0.25, 0.3) is 0 Å². The van der Waals surface area contributed by atoms with Crippen LogP contribution in [0.15, 0.2) is 12.2 Å². The van der Waals surface area contributed by atoms with Crippen molar-refractivity contribution in [3.63, 3.8) is 0 Å². The summed E-state index contributed by atoms with van der Waals surface area (Å²) in [6.45, 7) is 3.58. The Morgan fingerprint density at radius 2 is 1.92 bits per heavy atom. The van der Waals surface area contributed by atoms with Gasteiger partial charge in [-0.05, 0) is 12.8 Å². The molecule has 2 nitrogen and oxygen atoms in total. The van der Waals surface area contributed by atoms with Crippen molar-refractivity contribution in [2.75, 3.05) is 0 Å². The molecule has 13 heavy (non-hydrogen) atoms. The fourth-order valence-electron chi connectivity index (χ4n) is 1.89. The third kappa shape index (κ3) is 1.75. The molecule has 0 saturated heterocycles. The lowest BCUT2D eigenvalue weighted by Gasteiger charge is -2.32. The summed E-state index contributed by atoms with van der Waals surface area (Å²) in [5.74, 6) is 1.66. The first-order valence-corrected chi connectivity index (χ1v) is 4.53. The second kappa shape index (κ2) is 3.66. The Kier molecular flexibility index (Phi) is 2.77. The first kappa shape index (κ1) is 9.85. The SMILES string of the molecule is C#CC1(C(=C)C(=O)O)CCCCC1.